The lowest BCUT2D eigenvalue weighted by Crippen LogP contribution is -2.18. The second-order valence-corrected chi connectivity index (χ2v) is 5.40. The van der Waals surface area contributed by atoms with Gasteiger partial charge >= 0.3 is 5.97 Å². The van der Waals surface area contributed by atoms with E-state index in [9.17, 15) is 4.79 Å². The number of thioether (sulfide) groups is 1. The summed E-state index contributed by atoms with van der Waals surface area (Å²) in [4.78, 5) is 11.6. The minimum absolute atomic E-state index is 0.154. The molecule has 4 heteroatoms. The number of hydrogen-bond acceptors (Lipinski definition) is 3. The van der Waals surface area contributed by atoms with E-state index in [1.165, 1.54) is 12.7 Å². The summed E-state index contributed by atoms with van der Waals surface area (Å²) in [5.74, 6) is 0.814. The van der Waals surface area contributed by atoms with Gasteiger partial charge in [0.1, 0.15) is 5.25 Å². The summed E-state index contributed by atoms with van der Waals surface area (Å²) in [7, 11) is 1.44. The van der Waals surface area contributed by atoms with Crippen molar-refractivity contribution in [2.24, 2.45) is 0 Å². The molecule has 2 rings (SSSR count). The zero-order chi connectivity index (χ0) is 10.8. The molecule has 1 aliphatic rings. The lowest BCUT2D eigenvalue weighted by molar-refractivity contribution is -0.140. The van der Waals surface area contributed by atoms with Crippen LogP contribution < -0.4 is 0 Å². The van der Waals surface area contributed by atoms with E-state index in [4.69, 9.17) is 4.74 Å². The average Bonchev–Trinajstić information content (AvgIpc) is 2.28. The third-order valence-corrected chi connectivity index (χ3v) is 4.45. The predicted molar refractivity (Wildman–Crippen MR) is 65.1 cm³/mol. The van der Waals surface area contributed by atoms with E-state index in [-0.39, 0.29) is 11.2 Å². The molecule has 80 valence electrons. The Labute approximate surface area is 102 Å². The molecule has 0 aliphatic carbocycles. The van der Waals surface area contributed by atoms with Gasteiger partial charge < -0.3 is 4.74 Å². The van der Waals surface area contributed by atoms with E-state index in [1.807, 2.05) is 18.2 Å². The van der Waals surface area contributed by atoms with E-state index in [2.05, 4.69) is 15.9 Å². The maximum absolute atomic E-state index is 11.6. The fraction of sp³-hybridized carbons (Fsp3) is 0.364. The maximum atomic E-state index is 11.6. The Morgan fingerprint density at radius 2 is 2.40 bits per heavy atom. The van der Waals surface area contributed by atoms with Crippen LogP contribution in [0.1, 0.15) is 16.4 Å². The smallest absolute Gasteiger partial charge is 0.323 e. The van der Waals surface area contributed by atoms with E-state index < -0.39 is 0 Å². The SMILES string of the molecule is COC(=O)C1SCCc2c(Br)cccc21. The van der Waals surface area contributed by atoms with Gasteiger partial charge in [-0.3, -0.25) is 4.79 Å². The summed E-state index contributed by atoms with van der Waals surface area (Å²) in [5, 5.41) is -0.156. The number of carbonyl (C=O) groups excluding carboxylic acids is 1. The lowest BCUT2D eigenvalue weighted by Gasteiger charge is -2.23. The summed E-state index contributed by atoms with van der Waals surface area (Å²) < 4.78 is 5.90. The van der Waals surface area contributed by atoms with Crippen molar-refractivity contribution < 1.29 is 9.53 Å². The zero-order valence-electron chi connectivity index (χ0n) is 8.33. The number of esters is 1. The zero-order valence-corrected chi connectivity index (χ0v) is 10.7. The van der Waals surface area contributed by atoms with Crippen LogP contribution in [0.2, 0.25) is 0 Å². The Morgan fingerprint density at radius 1 is 1.60 bits per heavy atom. The quantitative estimate of drug-likeness (QED) is 0.743. The Bertz CT molecular complexity index is 392. The van der Waals surface area contributed by atoms with Crippen LogP contribution in [0.4, 0.5) is 0 Å². The normalized spacial score (nSPS) is 19.5. The Balaban J connectivity index is 2.42. The Hall–Kier alpha value is -0.480. The van der Waals surface area contributed by atoms with E-state index in [0.717, 1.165) is 22.2 Å². The van der Waals surface area contributed by atoms with Crippen molar-refractivity contribution in [3.8, 4) is 0 Å². The standard InChI is InChI=1S/C11H11BrO2S/c1-14-11(13)10-8-3-2-4-9(12)7(8)5-6-15-10/h2-4,10H,5-6H2,1H3. The summed E-state index contributed by atoms with van der Waals surface area (Å²) in [6.45, 7) is 0. The van der Waals surface area contributed by atoms with Crippen LogP contribution in [0, 0.1) is 0 Å². The highest BCUT2D eigenvalue weighted by Crippen LogP contribution is 2.39. The molecule has 0 spiro atoms. The molecule has 1 heterocycles. The molecule has 1 unspecified atom stereocenters. The van der Waals surface area contributed by atoms with E-state index >= 15 is 0 Å². The van der Waals surface area contributed by atoms with Gasteiger partial charge in [-0.1, -0.05) is 28.1 Å². The molecule has 15 heavy (non-hydrogen) atoms. The van der Waals surface area contributed by atoms with E-state index in [0.29, 0.717) is 0 Å². The highest BCUT2D eigenvalue weighted by Gasteiger charge is 2.28. The van der Waals surface area contributed by atoms with Crippen molar-refractivity contribution in [2.45, 2.75) is 11.7 Å². The van der Waals surface area contributed by atoms with Crippen molar-refractivity contribution in [1.29, 1.82) is 0 Å². The molecule has 0 aromatic heterocycles. The van der Waals surface area contributed by atoms with Gasteiger partial charge in [-0.2, -0.15) is 0 Å². The van der Waals surface area contributed by atoms with Gasteiger partial charge in [0.2, 0.25) is 0 Å². The molecule has 0 saturated heterocycles. The van der Waals surface area contributed by atoms with Gasteiger partial charge in [0.15, 0.2) is 0 Å². The highest BCUT2D eigenvalue weighted by atomic mass is 79.9. The summed E-state index contributed by atoms with van der Waals surface area (Å²) in [5.41, 5.74) is 2.33. The Morgan fingerprint density at radius 3 is 3.13 bits per heavy atom. The van der Waals surface area contributed by atoms with Gasteiger partial charge in [-0.05, 0) is 29.4 Å². The second kappa shape index (κ2) is 4.58. The summed E-state index contributed by atoms with van der Waals surface area (Å²) in [6.07, 6.45) is 1.01. The molecule has 0 saturated carbocycles. The summed E-state index contributed by atoms with van der Waals surface area (Å²) in [6, 6.07) is 5.99. The van der Waals surface area contributed by atoms with Gasteiger partial charge in [0.25, 0.3) is 0 Å². The number of methoxy groups -OCH3 is 1. The number of halogens is 1. The fourth-order valence-electron chi connectivity index (χ4n) is 1.76. The monoisotopic (exact) mass is 286 g/mol. The molecular weight excluding hydrogens is 276 g/mol. The summed E-state index contributed by atoms with van der Waals surface area (Å²) >= 11 is 5.17. The average molecular weight is 287 g/mol. The van der Waals surface area contributed by atoms with Gasteiger partial charge in [-0.15, -0.1) is 11.8 Å². The number of benzene rings is 1. The van der Waals surface area contributed by atoms with Crippen molar-refractivity contribution in [3.63, 3.8) is 0 Å². The van der Waals surface area contributed by atoms with Crippen LogP contribution in [0.3, 0.4) is 0 Å². The van der Waals surface area contributed by atoms with Crippen molar-refractivity contribution >= 4 is 33.7 Å². The molecule has 0 N–H and O–H groups in total. The minimum atomic E-state index is -0.156. The first kappa shape index (κ1) is 11.0. The maximum Gasteiger partial charge on any atom is 0.323 e. The largest absolute Gasteiger partial charge is 0.468 e. The van der Waals surface area contributed by atoms with Crippen LogP contribution in [-0.4, -0.2) is 18.8 Å². The van der Waals surface area contributed by atoms with Crippen molar-refractivity contribution in [3.05, 3.63) is 33.8 Å². The number of hydrogen-bond donors (Lipinski definition) is 0. The van der Waals surface area contributed by atoms with Gasteiger partial charge in [-0.25, -0.2) is 0 Å². The van der Waals surface area contributed by atoms with Crippen LogP contribution in [0.25, 0.3) is 0 Å². The van der Waals surface area contributed by atoms with Crippen LogP contribution >= 0.6 is 27.7 Å². The van der Waals surface area contributed by atoms with Crippen LogP contribution in [-0.2, 0) is 16.0 Å². The van der Waals surface area contributed by atoms with Crippen molar-refractivity contribution in [2.75, 3.05) is 12.9 Å². The van der Waals surface area contributed by atoms with Crippen molar-refractivity contribution in [1.82, 2.24) is 0 Å². The highest BCUT2D eigenvalue weighted by molar-refractivity contribution is 9.10. The van der Waals surface area contributed by atoms with Crippen LogP contribution in [0.5, 0.6) is 0 Å². The molecule has 1 atom stereocenters. The molecule has 2 nitrogen and oxygen atoms in total. The third-order valence-electron chi connectivity index (χ3n) is 2.49. The number of carbonyl (C=O) groups is 1. The van der Waals surface area contributed by atoms with Gasteiger partial charge in [0.05, 0.1) is 7.11 Å². The van der Waals surface area contributed by atoms with Crippen LogP contribution in [0.15, 0.2) is 22.7 Å². The van der Waals surface area contributed by atoms with Gasteiger partial charge in [0, 0.05) is 4.47 Å². The molecule has 0 amide bonds. The first-order valence-electron chi connectivity index (χ1n) is 4.70. The third kappa shape index (κ3) is 2.06. The fourth-order valence-corrected chi connectivity index (χ4v) is 3.53. The molecule has 0 radical (unpaired) electrons. The number of ether oxygens (including phenoxy) is 1. The molecule has 0 bridgehead atoms. The molecular formula is C11H11BrO2S. The number of fused-ring (bicyclic) bond motifs is 1. The first-order chi connectivity index (χ1) is 7.24. The topological polar surface area (TPSA) is 26.3 Å². The second-order valence-electron chi connectivity index (χ2n) is 3.33. The molecule has 1 aliphatic heterocycles. The molecule has 1 aromatic carbocycles. The predicted octanol–water partition coefficient (Wildman–Crippen LogP) is 2.95. The molecule has 0 fully saturated rings. The lowest BCUT2D eigenvalue weighted by atomic mass is 10.0. The van der Waals surface area contributed by atoms with E-state index in [1.54, 1.807) is 11.8 Å². The minimum Gasteiger partial charge on any atom is -0.468 e. The first-order valence-corrected chi connectivity index (χ1v) is 6.55. The number of rotatable bonds is 1. The molecule has 1 aromatic rings. The Kier molecular flexibility index (Phi) is 3.36.